The zero-order valence-electron chi connectivity index (χ0n) is 9.55. The van der Waals surface area contributed by atoms with E-state index in [0.29, 0.717) is 12.0 Å². The molecule has 92 valence electrons. The normalized spacial score (nSPS) is 9.00. The third-order valence-electron chi connectivity index (χ3n) is 2.16. The average molecular weight is 248 g/mol. The maximum absolute atomic E-state index is 13.2. The van der Waals surface area contributed by atoms with Crippen molar-refractivity contribution in [2.75, 3.05) is 6.54 Å². The minimum absolute atomic E-state index is 0.208. The van der Waals surface area contributed by atoms with E-state index in [1.807, 2.05) is 0 Å². The lowest BCUT2D eigenvalue weighted by Crippen LogP contribution is -1.96. The molecule has 0 aromatic heterocycles. The molecule has 1 rings (SSSR count). The maximum Gasteiger partial charge on any atom is 0.276 e. The highest BCUT2D eigenvalue weighted by Gasteiger charge is 2.15. The Bertz CT molecular complexity index is 583. The predicted octanol–water partition coefficient (Wildman–Crippen LogP) is 3.09. The van der Waals surface area contributed by atoms with Crippen LogP contribution in [0.25, 0.3) is 10.4 Å². The second-order valence-corrected chi connectivity index (χ2v) is 3.36. The Morgan fingerprint density at radius 2 is 2.33 bits per heavy atom. The summed E-state index contributed by atoms with van der Waals surface area (Å²) in [7, 11) is 0. The first kappa shape index (κ1) is 13.5. The van der Waals surface area contributed by atoms with E-state index in [0.717, 1.165) is 12.1 Å². The first-order chi connectivity index (χ1) is 8.56. The molecule has 0 fully saturated rings. The monoisotopic (exact) mass is 248 g/mol. The number of nitrogens with zero attached hydrogens (tertiary/aromatic N) is 4. The fourth-order valence-corrected chi connectivity index (χ4v) is 1.29. The average Bonchev–Trinajstić information content (AvgIpc) is 2.32. The van der Waals surface area contributed by atoms with Crippen molar-refractivity contribution in [1.82, 2.24) is 0 Å². The van der Waals surface area contributed by atoms with Crippen LogP contribution in [0.3, 0.4) is 0 Å². The first-order valence-corrected chi connectivity index (χ1v) is 5.00. The van der Waals surface area contributed by atoms with Crippen molar-refractivity contribution in [3.05, 3.63) is 49.6 Å². The van der Waals surface area contributed by atoms with Crippen LogP contribution in [0.4, 0.5) is 10.1 Å². The van der Waals surface area contributed by atoms with Gasteiger partial charge in [0, 0.05) is 29.0 Å². The first-order valence-electron chi connectivity index (χ1n) is 5.00. The van der Waals surface area contributed by atoms with Crippen LogP contribution in [0, 0.1) is 34.7 Å². The smallest absolute Gasteiger partial charge is 0.258 e. The van der Waals surface area contributed by atoms with Gasteiger partial charge < -0.3 is 0 Å². The van der Waals surface area contributed by atoms with Gasteiger partial charge in [0.25, 0.3) is 5.69 Å². The molecule has 0 aliphatic carbocycles. The number of hydrogen-bond acceptors (Lipinski definition) is 3. The Morgan fingerprint density at radius 3 is 2.94 bits per heavy atom. The summed E-state index contributed by atoms with van der Waals surface area (Å²) >= 11 is 0. The molecular weight excluding hydrogens is 239 g/mol. The molecule has 0 N–H and O–H groups in total. The Kier molecular flexibility index (Phi) is 4.67. The van der Waals surface area contributed by atoms with Gasteiger partial charge in [0.2, 0.25) is 0 Å². The standard InChI is InChI=1S/C11H9FN4O2/c1-8-9(4-2-3-5-14-15-13)6-10(12)7-11(8)16(17)18/h6-7H,3,5H2,1H3. The molecule has 0 saturated heterocycles. The molecule has 7 heteroatoms. The molecule has 1 aromatic carbocycles. The molecule has 0 aliphatic heterocycles. The summed E-state index contributed by atoms with van der Waals surface area (Å²) in [5, 5.41) is 14.0. The van der Waals surface area contributed by atoms with Crippen LogP contribution in [0.2, 0.25) is 0 Å². The van der Waals surface area contributed by atoms with Gasteiger partial charge in [0.05, 0.1) is 11.0 Å². The van der Waals surface area contributed by atoms with Gasteiger partial charge in [-0.1, -0.05) is 17.0 Å². The van der Waals surface area contributed by atoms with Crippen LogP contribution in [-0.2, 0) is 0 Å². The van der Waals surface area contributed by atoms with Gasteiger partial charge in [0.1, 0.15) is 5.82 Å². The highest BCUT2D eigenvalue weighted by molar-refractivity contribution is 5.52. The number of hydrogen-bond donors (Lipinski definition) is 0. The predicted molar refractivity (Wildman–Crippen MR) is 63.3 cm³/mol. The van der Waals surface area contributed by atoms with Gasteiger partial charge in [-0.05, 0) is 18.5 Å². The SMILES string of the molecule is Cc1c(C#CCCN=[N+]=[N-])cc(F)cc1[N+](=O)[O-]. The van der Waals surface area contributed by atoms with Gasteiger partial charge >= 0.3 is 0 Å². The Morgan fingerprint density at radius 1 is 1.61 bits per heavy atom. The van der Waals surface area contributed by atoms with Crippen LogP contribution in [0.1, 0.15) is 17.5 Å². The summed E-state index contributed by atoms with van der Waals surface area (Å²) in [5.41, 5.74) is 8.33. The van der Waals surface area contributed by atoms with Crippen molar-refractivity contribution in [3.63, 3.8) is 0 Å². The van der Waals surface area contributed by atoms with Crippen molar-refractivity contribution >= 4 is 5.69 Å². The van der Waals surface area contributed by atoms with E-state index >= 15 is 0 Å². The molecule has 0 aliphatic rings. The highest BCUT2D eigenvalue weighted by Crippen LogP contribution is 2.22. The minimum atomic E-state index is -0.702. The second kappa shape index (κ2) is 6.23. The lowest BCUT2D eigenvalue weighted by molar-refractivity contribution is -0.385. The lowest BCUT2D eigenvalue weighted by atomic mass is 10.1. The van der Waals surface area contributed by atoms with Gasteiger partial charge in [-0.3, -0.25) is 10.1 Å². The molecule has 0 amide bonds. The number of azide groups is 1. The minimum Gasteiger partial charge on any atom is -0.258 e. The van der Waals surface area contributed by atoms with Gasteiger partial charge in [-0.2, -0.15) is 0 Å². The fourth-order valence-electron chi connectivity index (χ4n) is 1.29. The quantitative estimate of drug-likeness (QED) is 0.156. The van der Waals surface area contributed by atoms with Gasteiger partial charge in [0.15, 0.2) is 0 Å². The zero-order valence-corrected chi connectivity index (χ0v) is 9.55. The molecule has 0 heterocycles. The Hall–Kier alpha value is -2.58. The van der Waals surface area contributed by atoms with Crippen LogP contribution in [0.15, 0.2) is 17.2 Å². The highest BCUT2D eigenvalue weighted by atomic mass is 19.1. The van der Waals surface area contributed by atoms with Crippen LogP contribution >= 0.6 is 0 Å². The van der Waals surface area contributed by atoms with Crippen molar-refractivity contribution in [3.8, 4) is 11.8 Å². The van der Waals surface area contributed by atoms with E-state index in [4.69, 9.17) is 5.53 Å². The van der Waals surface area contributed by atoms with Gasteiger partial charge in [-0.25, -0.2) is 4.39 Å². The lowest BCUT2D eigenvalue weighted by Gasteiger charge is -2.00. The molecule has 0 unspecified atom stereocenters. The summed E-state index contributed by atoms with van der Waals surface area (Å²) in [6, 6.07) is 2.00. The number of nitro benzene ring substituents is 1. The van der Waals surface area contributed by atoms with E-state index in [2.05, 4.69) is 21.9 Å². The summed E-state index contributed by atoms with van der Waals surface area (Å²) in [6.07, 6.45) is 0.313. The van der Waals surface area contributed by atoms with Crippen LogP contribution < -0.4 is 0 Å². The number of rotatable bonds is 3. The van der Waals surface area contributed by atoms with E-state index in [-0.39, 0.29) is 17.8 Å². The molecule has 6 nitrogen and oxygen atoms in total. The molecule has 18 heavy (non-hydrogen) atoms. The molecule has 0 radical (unpaired) electrons. The molecule has 1 aromatic rings. The molecule has 0 atom stereocenters. The van der Waals surface area contributed by atoms with E-state index in [1.54, 1.807) is 0 Å². The maximum atomic E-state index is 13.2. The zero-order chi connectivity index (χ0) is 13.5. The van der Waals surface area contributed by atoms with E-state index < -0.39 is 10.7 Å². The van der Waals surface area contributed by atoms with Crippen LogP contribution in [0.5, 0.6) is 0 Å². The Labute approximate surface area is 102 Å². The summed E-state index contributed by atoms with van der Waals surface area (Å²) < 4.78 is 13.2. The molecule has 0 saturated carbocycles. The Balaban J connectivity index is 3.02. The fraction of sp³-hybridized carbons (Fsp3) is 0.273. The summed E-state index contributed by atoms with van der Waals surface area (Å²) in [4.78, 5) is 12.6. The summed E-state index contributed by atoms with van der Waals surface area (Å²) in [5.74, 6) is 4.59. The third-order valence-corrected chi connectivity index (χ3v) is 2.16. The molecular formula is C11H9FN4O2. The van der Waals surface area contributed by atoms with Gasteiger partial charge in [-0.15, -0.1) is 0 Å². The number of benzene rings is 1. The van der Waals surface area contributed by atoms with Crippen molar-refractivity contribution < 1.29 is 9.31 Å². The summed E-state index contributed by atoms with van der Waals surface area (Å²) in [6.45, 7) is 1.72. The van der Waals surface area contributed by atoms with Crippen molar-refractivity contribution in [1.29, 1.82) is 0 Å². The largest absolute Gasteiger partial charge is 0.276 e. The van der Waals surface area contributed by atoms with Crippen molar-refractivity contribution in [2.45, 2.75) is 13.3 Å². The van der Waals surface area contributed by atoms with E-state index in [1.165, 1.54) is 6.92 Å². The van der Waals surface area contributed by atoms with E-state index in [9.17, 15) is 14.5 Å². The number of halogens is 1. The van der Waals surface area contributed by atoms with Crippen LogP contribution in [-0.4, -0.2) is 11.5 Å². The molecule has 0 spiro atoms. The molecule has 0 bridgehead atoms. The van der Waals surface area contributed by atoms with Crippen molar-refractivity contribution in [2.24, 2.45) is 5.11 Å². The third kappa shape index (κ3) is 3.47. The topological polar surface area (TPSA) is 91.9 Å². The number of nitro groups is 1. The second-order valence-electron chi connectivity index (χ2n) is 3.36.